The van der Waals surface area contributed by atoms with E-state index < -0.39 is 0 Å². The number of halogens is 1. The lowest BCUT2D eigenvalue weighted by atomic mass is 10.2. The first kappa shape index (κ1) is 15.8. The van der Waals surface area contributed by atoms with Gasteiger partial charge in [-0.15, -0.1) is 10.2 Å². The molecular formula is C18H16FN5S. The van der Waals surface area contributed by atoms with E-state index in [2.05, 4.69) is 15.2 Å². The van der Waals surface area contributed by atoms with E-state index in [1.807, 2.05) is 46.5 Å². The summed E-state index contributed by atoms with van der Waals surface area (Å²) in [5.74, 6) is 1.20. The molecule has 0 fully saturated rings. The molecule has 7 heteroatoms. The molecule has 0 saturated heterocycles. The Bertz CT molecular complexity index is 973. The molecule has 3 aromatic heterocycles. The highest BCUT2D eigenvalue weighted by molar-refractivity contribution is 7.98. The molecule has 0 aliphatic carbocycles. The van der Waals surface area contributed by atoms with Gasteiger partial charge in [0.15, 0.2) is 11.0 Å². The molecule has 25 heavy (non-hydrogen) atoms. The molecule has 3 heterocycles. The Morgan fingerprint density at radius 2 is 1.92 bits per heavy atom. The fraction of sp³-hybridized carbons (Fsp3) is 0.167. The van der Waals surface area contributed by atoms with Gasteiger partial charge in [-0.3, -0.25) is 0 Å². The maximum absolute atomic E-state index is 13.1. The van der Waals surface area contributed by atoms with E-state index in [1.54, 1.807) is 23.9 Å². The third kappa shape index (κ3) is 3.15. The Hall–Kier alpha value is -2.67. The van der Waals surface area contributed by atoms with Crippen LogP contribution in [-0.4, -0.2) is 24.1 Å². The Labute approximate surface area is 148 Å². The fourth-order valence-corrected chi connectivity index (χ4v) is 3.57. The summed E-state index contributed by atoms with van der Waals surface area (Å²) < 4.78 is 17.2. The molecule has 0 aliphatic heterocycles. The average Bonchev–Trinajstić information content (AvgIpc) is 3.23. The van der Waals surface area contributed by atoms with Crippen LogP contribution in [0.1, 0.15) is 12.6 Å². The number of pyridine rings is 1. The van der Waals surface area contributed by atoms with Crippen LogP contribution >= 0.6 is 11.8 Å². The van der Waals surface area contributed by atoms with Gasteiger partial charge < -0.3 is 8.97 Å². The predicted octanol–water partition coefficient (Wildman–Crippen LogP) is 4.04. The van der Waals surface area contributed by atoms with Crippen molar-refractivity contribution in [1.29, 1.82) is 0 Å². The Morgan fingerprint density at radius 3 is 2.68 bits per heavy atom. The fourth-order valence-electron chi connectivity index (χ4n) is 2.69. The van der Waals surface area contributed by atoms with Crippen molar-refractivity contribution in [1.82, 2.24) is 24.1 Å². The lowest BCUT2D eigenvalue weighted by Gasteiger charge is -2.06. The minimum Gasteiger partial charge on any atom is -0.307 e. The van der Waals surface area contributed by atoms with E-state index in [9.17, 15) is 4.39 Å². The van der Waals surface area contributed by atoms with Crippen molar-refractivity contribution >= 4 is 17.4 Å². The van der Waals surface area contributed by atoms with Crippen LogP contribution in [-0.2, 0) is 12.3 Å². The second-order valence-corrected chi connectivity index (χ2v) is 6.49. The highest BCUT2D eigenvalue weighted by Gasteiger charge is 2.14. The standard InChI is InChI=1S/C18H16FN5S/c1-2-24-17(13-6-8-14(19)9-7-13)21-22-18(24)25-12-15-11-23-10-4-3-5-16(23)20-15/h3-11H,2,12H2,1H3. The second kappa shape index (κ2) is 6.68. The number of benzene rings is 1. The quantitative estimate of drug-likeness (QED) is 0.508. The molecule has 4 rings (SSSR count). The Balaban J connectivity index is 1.57. The molecule has 0 spiro atoms. The van der Waals surface area contributed by atoms with Crippen molar-refractivity contribution in [3.05, 3.63) is 66.4 Å². The van der Waals surface area contributed by atoms with E-state index in [-0.39, 0.29) is 5.82 Å². The van der Waals surface area contributed by atoms with Crippen LogP contribution in [0.15, 0.2) is 60.0 Å². The second-order valence-electron chi connectivity index (χ2n) is 5.54. The Morgan fingerprint density at radius 1 is 1.08 bits per heavy atom. The van der Waals surface area contributed by atoms with Crippen molar-refractivity contribution < 1.29 is 4.39 Å². The molecule has 0 N–H and O–H groups in total. The topological polar surface area (TPSA) is 48.0 Å². The van der Waals surface area contributed by atoms with Gasteiger partial charge in [-0.2, -0.15) is 0 Å². The van der Waals surface area contributed by atoms with Crippen LogP contribution in [0.5, 0.6) is 0 Å². The van der Waals surface area contributed by atoms with Crippen molar-refractivity contribution in [2.45, 2.75) is 24.4 Å². The molecule has 126 valence electrons. The molecule has 5 nitrogen and oxygen atoms in total. The first-order chi connectivity index (χ1) is 12.2. The molecule has 1 aromatic carbocycles. The minimum absolute atomic E-state index is 0.257. The summed E-state index contributed by atoms with van der Waals surface area (Å²) in [5.41, 5.74) is 2.78. The van der Waals surface area contributed by atoms with Crippen molar-refractivity contribution in [3.8, 4) is 11.4 Å². The van der Waals surface area contributed by atoms with Gasteiger partial charge in [-0.25, -0.2) is 9.37 Å². The minimum atomic E-state index is -0.257. The third-order valence-corrected chi connectivity index (χ3v) is 4.90. The first-order valence-electron chi connectivity index (χ1n) is 7.99. The van der Waals surface area contributed by atoms with Crippen LogP contribution in [0.25, 0.3) is 17.0 Å². The highest BCUT2D eigenvalue weighted by atomic mass is 32.2. The van der Waals surface area contributed by atoms with Crippen molar-refractivity contribution in [2.75, 3.05) is 0 Å². The zero-order valence-electron chi connectivity index (χ0n) is 13.6. The van der Waals surface area contributed by atoms with E-state index in [4.69, 9.17) is 0 Å². The Kier molecular flexibility index (Phi) is 4.23. The predicted molar refractivity (Wildman–Crippen MR) is 95.8 cm³/mol. The van der Waals surface area contributed by atoms with E-state index >= 15 is 0 Å². The van der Waals surface area contributed by atoms with Crippen molar-refractivity contribution in [3.63, 3.8) is 0 Å². The normalized spacial score (nSPS) is 11.3. The summed E-state index contributed by atoms with van der Waals surface area (Å²) in [6, 6.07) is 12.3. The number of hydrogen-bond donors (Lipinski definition) is 0. The van der Waals surface area contributed by atoms with Gasteiger partial charge in [0, 0.05) is 30.3 Å². The number of imidazole rings is 1. The number of aromatic nitrogens is 5. The van der Waals surface area contributed by atoms with Gasteiger partial charge in [0.05, 0.1) is 5.69 Å². The average molecular weight is 353 g/mol. The number of fused-ring (bicyclic) bond motifs is 1. The zero-order chi connectivity index (χ0) is 17.2. The molecule has 0 radical (unpaired) electrons. The van der Waals surface area contributed by atoms with Gasteiger partial charge in [0.1, 0.15) is 11.5 Å². The molecule has 0 saturated carbocycles. The summed E-state index contributed by atoms with van der Waals surface area (Å²) >= 11 is 1.60. The van der Waals surface area contributed by atoms with E-state index in [0.29, 0.717) is 5.75 Å². The number of thioether (sulfide) groups is 1. The van der Waals surface area contributed by atoms with Crippen LogP contribution in [0.4, 0.5) is 4.39 Å². The maximum Gasteiger partial charge on any atom is 0.191 e. The van der Waals surface area contributed by atoms with Gasteiger partial charge in [0.2, 0.25) is 0 Å². The van der Waals surface area contributed by atoms with Crippen molar-refractivity contribution in [2.24, 2.45) is 0 Å². The monoisotopic (exact) mass is 353 g/mol. The summed E-state index contributed by atoms with van der Waals surface area (Å²) in [6.07, 6.45) is 4.01. The van der Waals surface area contributed by atoms with Crippen LogP contribution < -0.4 is 0 Å². The number of nitrogens with zero attached hydrogens (tertiary/aromatic N) is 5. The van der Waals surface area contributed by atoms with Crippen LogP contribution in [0.3, 0.4) is 0 Å². The smallest absolute Gasteiger partial charge is 0.191 e. The lowest BCUT2D eigenvalue weighted by molar-refractivity contribution is 0.627. The zero-order valence-corrected chi connectivity index (χ0v) is 14.4. The molecule has 0 amide bonds. The SMILES string of the molecule is CCn1c(SCc2cn3ccccc3n2)nnc1-c1ccc(F)cc1. The summed E-state index contributed by atoms with van der Waals surface area (Å²) in [6.45, 7) is 2.79. The molecule has 0 bridgehead atoms. The molecular weight excluding hydrogens is 337 g/mol. The van der Waals surface area contributed by atoms with E-state index in [0.717, 1.165) is 34.4 Å². The van der Waals surface area contributed by atoms with Crippen LogP contribution in [0, 0.1) is 5.82 Å². The maximum atomic E-state index is 13.1. The third-order valence-electron chi connectivity index (χ3n) is 3.90. The first-order valence-corrected chi connectivity index (χ1v) is 8.97. The highest BCUT2D eigenvalue weighted by Crippen LogP contribution is 2.26. The molecule has 0 unspecified atom stereocenters. The number of rotatable bonds is 5. The van der Waals surface area contributed by atoms with Gasteiger partial charge in [-0.05, 0) is 43.3 Å². The summed E-state index contributed by atoms with van der Waals surface area (Å²) in [7, 11) is 0. The van der Waals surface area contributed by atoms with Gasteiger partial charge in [-0.1, -0.05) is 17.8 Å². The number of hydrogen-bond acceptors (Lipinski definition) is 4. The van der Waals surface area contributed by atoms with Crippen LogP contribution in [0.2, 0.25) is 0 Å². The molecule has 0 atom stereocenters. The van der Waals surface area contributed by atoms with Gasteiger partial charge >= 0.3 is 0 Å². The van der Waals surface area contributed by atoms with E-state index in [1.165, 1.54) is 12.1 Å². The summed E-state index contributed by atoms with van der Waals surface area (Å²) in [5, 5.41) is 9.42. The lowest BCUT2D eigenvalue weighted by Crippen LogP contribution is -2.00. The molecule has 4 aromatic rings. The largest absolute Gasteiger partial charge is 0.307 e. The molecule has 0 aliphatic rings. The summed E-state index contributed by atoms with van der Waals surface area (Å²) in [4.78, 5) is 4.60. The van der Waals surface area contributed by atoms with Gasteiger partial charge in [0.25, 0.3) is 0 Å².